The highest BCUT2D eigenvalue weighted by Crippen LogP contribution is 2.68. The summed E-state index contributed by atoms with van der Waals surface area (Å²) in [6.45, 7) is 14.7. The maximum absolute atomic E-state index is 13.5. The van der Waals surface area contributed by atoms with Crippen LogP contribution < -0.4 is 14.2 Å². The van der Waals surface area contributed by atoms with E-state index in [0.717, 1.165) is 38.9 Å². The van der Waals surface area contributed by atoms with Crippen molar-refractivity contribution in [2.24, 2.45) is 22.7 Å². The van der Waals surface area contributed by atoms with Crippen LogP contribution in [0.4, 0.5) is 0 Å². The monoisotopic (exact) mass is 497 g/mol. The second kappa shape index (κ2) is 11.4. The fourth-order valence-electron chi connectivity index (χ4n) is 6.55. The first kappa shape index (κ1) is 28.6. The molecule has 2 saturated carbocycles. The largest absolute Gasteiger partial charge is 0.493 e. The summed E-state index contributed by atoms with van der Waals surface area (Å²) < 4.78 is 22.7. The smallest absolute Gasteiger partial charge is 0.338 e. The predicted octanol–water partition coefficient (Wildman–Crippen LogP) is 5.85. The summed E-state index contributed by atoms with van der Waals surface area (Å²) in [5, 5.41) is 0. The number of carbonyl (C=O) groups is 1. The zero-order valence-electron chi connectivity index (χ0n) is 22.2. The molecule has 3 rings (SSSR count). The third kappa shape index (κ3) is 4.86. The van der Waals surface area contributed by atoms with Gasteiger partial charge in [-0.3, -0.25) is 0 Å². The van der Waals surface area contributed by atoms with Gasteiger partial charge in [0.25, 0.3) is 0 Å². The Morgan fingerprint density at radius 2 is 1.56 bits per heavy atom. The van der Waals surface area contributed by atoms with E-state index in [9.17, 15) is 4.79 Å². The maximum atomic E-state index is 13.5. The summed E-state index contributed by atoms with van der Waals surface area (Å²) in [5.41, 5.74) is 0.511. The zero-order valence-corrected chi connectivity index (χ0v) is 23.0. The van der Waals surface area contributed by atoms with Crippen LogP contribution in [-0.4, -0.2) is 57.9 Å². The Hall–Kier alpha value is -1.66. The summed E-state index contributed by atoms with van der Waals surface area (Å²) in [4.78, 5) is 16.0. The van der Waals surface area contributed by atoms with Gasteiger partial charge in [-0.1, -0.05) is 34.6 Å². The van der Waals surface area contributed by atoms with E-state index < -0.39 is 0 Å². The van der Waals surface area contributed by atoms with Crippen molar-refractivity contribution in [3.05, 3.63) is 17.7 Å². The topological polar surface area (TPSA) is 57.2 Å². The van der Waals surface area contributed by atoms with Gasteiger partial charge in [0.1, 0.15) is 6.10 Å². The Labute approximate surface area is 212 Å². The average Bonchev–Trinajstić information content (AvgIpc) is 3.11. The van der Waals surface area contributed by atoms with E-state index in [1.807, 2.05) is 0 Å². The average molecular weight is 498 g/mol. The lowest BCUT2D eigenvalue weighted by molar-refractivity contribution is -0.0461. The summed E-state index contributed by atoms with van der Waals surface area (Å²) in [7, 11) is 4.66. The van der Waals surface area contributed by atoms with E-state index in [-0.39, 0.29) is 35.3 Å². The Morgan fingerprint density at radius 1 is 1.00 bits per heavy atom. The van der Waals surface area contributed by atoms with Crippen LogP contribution in [0.25, 0.3) is 0 Å². The number of nitrogens with zero attached hydrogens (tertiary/aromatic N) is 1. The maximum Gasteiger partial charge on any atom is 0.338 e. The molecule has 2 bridgehead atoms. The first-order chi connectivity index (χ1) is 15.7. The fraction of sp³-hybridized carbons (Fsp3) is 0.741. The first-order valence-electron chi connectivity index (χ1n) is 12.4. The van der Waals surface area contributed by atoms with E-state index in [1.54, 1.807) is 33.5 Å². The molecule has 1 aromatic rings. The van der Waals surface area contributed by atoms with Crippen LogP contribution in [0.5, 0.6) is 17.2 Å². The number of rotatable bonds is 11. The third-order valence-corrected chi connectivity index (χ3v) is 8.59. The molecule has 2 aliphatic carbocycles. The van der Waals surface area contributed by atoms with Gasteiger partial charge in [0.15, 0.2) is 11.5 Å². The minimum Gasteiger partial charge on any atom is -0.493 e. The molecule has 4 unspecified atom stereocenters. The molecule has 2 aliphatic rings. The number of benzene rings is 1. The number of carbonyl (C=O) groups excluding carboxylic acids is 1. The van der Waals surface area contributed by atoms with Gasteiger partial charge in [-0.25, -0.2) is 4.79 Å². The van der Waals surface area contributed by atoms with Crippen LogP contribution in [0.15, 0.2) is 12.1 Å². The second-order valence-electron chi connectivity index (χ2n) is 10.5. The Kier molecular flexibility index (Phi) is 9.57. The molecule has 0 spiro atoms. The highest BCUT2D eigenvalue weighted by atomic mass is 35.5. The highest BCUT2D eigenvalue weighted by Gasteiger charge is 2.67. The Balaban J connectivity index is 0.00000408. The van der Waals surface area contributed by atoms with Gasteiger partial charge in [-0.05, 0) is 62.2 Å². The van der Waals surface area contributed by atoms with Crippen molar-refractivity contribution in [3.8, 4) is 17.2 Å². The lowest BCUT2D eigenvalue weighted by Gasteiger charge is -2.40. The SMILES string of the molecule is CCCN(CCC)CC1C2CCC(C)(C1OC(=O)c1cc(OC)c(OC)c(OC)c1)C2(C)C.Cl. The molecule has 34 heavy (non-hydrogen) atoms. The first-order valence-corrected chi connectivity index (χ1v) is 12.4. The van der Waals surface area contributed by atoms with Crippen LogP contribution in [0, 0.1) is 22.7 Å². The van der Waals surface area contributed by atoms with E-state index in [0.29, 0.717) is 34.6 Å². The minimum atomic E-state index is -0.327. The quantitative estimate of drug-likeness (QED) is 0.357. The number of hydrogen-bond acceptors (Lipinski definition) is 6. The summed E-state index contributed by atoms with van der Waals surface area (Å²) in [5.74, 6) is 1.94. The predicted molar refractivity (Wildman–Crippen MR) is 138 cm³/mol. The van der Waals surface area contributed by atoms with Gasteiger partial charge >= 0.3 is 5.97 Å². The second-order valence-corrected chi connectivity index (χ2v) is 10.5. The van der Waals surface area contributed by atoms with Crippen molar-refractivity contribution in [1.82, 2.24) is 4.90 Å². The molecule has 1 aromatic carbocycles. The van der Waals surface area contributed by atoms with Gasteiger partial charge < -0.3 is 23.8 Å². The summed E-state index contributed by atoms with van der Waals surface area (Å²) in [6.07, 6.45) is 4.45. The number of fused-ring (bicyclic) bond motifs is 2. The number of esters is 1. The van der Waals surface area contributed by atoms with Gasteiger partial charge in [0.2, 0.25) is 5.75 Å². The lowest BCUT2D eigenvalue weighted by atomic mass is 9.70. The van der Waals surface area contributed by atoms with E-state index >= 15 is 0 Å². The molecule has 0 radical (unpaired) electrons. The van der Waals surface area contributed by atoms with Crippen LogP contribution in [0.3, 0.4) is 0 Å². The van der Waals surface area contributed by atoms with Crippen molar-refractivity contribution in [2.75, 3.05) is 41.0 Å². The minimum absolute atomic E-state index is 0. The fourth-order valence-corrected chi connectivity index (χ4v) is 6.55. The van der Waals surface area contributed by atoms with Crippen molar-refractivity contribution in [1.29, 1.82) is 0 Å². The van der Waals surface area contributed by atoms with Gasteiger partial charge in [0.05, 0.1) is 26.9 Å². The van der Waals surface area contributed by atoms with Crippen LogP contribution in [0.2, 0.25) is 0 Å². The van der Waals surface area contributed by atoms with E-state index in [4.69, 9.17) is 18.9 Å². The molecular formula is C27H44ClNO5. The molecule has 194 valence electrons. The summed E-state index contributed by atoms with van der Waals surface area (Å²) in [6, 6.07) is 3.36. The van der Waals surface area contributed by atoms with Crippen LogP contribution >= 0.6 is 12.4 Å². The Bertz CT molecular complexity index is 813. The molecule has 0 N–H and O–H groups in total. The van der Waals surface area contributed by atoms with Gasteiger partial charge in [-0.2, -0.15) is 0 Å². The van der Waals surface area contributed by atoms with Crippen molar-refractivity contribution < 1.29 is 23.7 Å². The highest BCUT2D eigenvalue weighted by molar-refractivity contribution is 5.91. The standard InChI is InChI=1S/C27H43NO5.ClH/c1-9-13-28(14-10-2)17-19-20-11-12-27(5,26(20,3)4)24(19)33-25(29)18-15-21(30-6)23(32-8)22(16-18)31-7;/h15-16,19-20,24H,9-14,17H2,1-8H3;1H. The lowest BCUT2D eigenvalue weighted by Crippen LogP contribution is -2.45. The van der Waals surface area contributed by atoms with Crippen molar-refractivity contribution >= 4 is 18.4 Å². The molecule has 0 amide bonds. The Morgan fingerprint density at radius 3 is 2.03 bits per heavy atom. The van der Waals surface area contributed by atoms with Crippen LogP contribution in [-0.2, 0) is 4.74 Å². The van der Waals surface area contributed by atoms with Gasteiger partial charge in [0, 0.05) is 17.9 Å². The molecule has 0 saturated heterocycles. The van der Waals surface area contributed by atoms with Crippen LogP contribution in [0.1, 0.15) is 70.7 Å². The van der Waals surface area contributed by atoms with Crippen molar-refractivity contribution in [3.63, 3.8) is 0 Å². The number of methoxy groups -OCH3 is 3. The van der Waals surface area contributed by atoms with Crippen molar-refractivity contribution in [2.45, 2.75) is 66.4 Å². The third-order valence-electron chi connectivity index (χ3n) is 8.59. The molecule has 2 fully saturated rings. The normalized spacial score (nSPS) is 26.8. The van der Waals surface area contributed by atoms with Gasteiger partial charge in [-0.15, -0.1) is 12.4 Å². The molecule has 6 nitrogen and oxygen atoms in total. The summed E-state index contributed by atoms with van der Waals surface area (Å²) >= 11 is 0. The number of hydrogen-bond donors (Lipinski definition) is 0. The van der Waals surface area contributed by atoms with E-state index in [1.165, 1.54) is 6.42 Å². The molecule has 7 heteroatoms. The molecule has 0 heterocycles. The molecular weight excluding hydrogens is 454 g/mol. The molecule has 0 aromatic heterocycles. The zero-order chi connectivity index (χ0) is 24.4. The van der Waals surface area contributed by atoms with E-state index in [2.05, 4.69) is 39.5 Å². The number of halogens is 1. The number of ether oxygens (including phenoxy) is 4. The molecule has 0 aliphatic heterocycles. The molecule has 4 atom stereocenters.